The fraction of sp³-hybridized carbons (Fsp3) is 0.500. The normalized spacial score (nSPS) is 23.6. The standard InChI is InChI=1S/C12H17N3O2/c1-17-10-6-11(14-8-10)12(16)15-7-9-4-2-3-5-13-9/h2-5,10-11,14H,6-8H2,1H3,(H,15,16). The summed E-state index contributed by atoms with van der Waals surface area (Å²) in [6.45, 7) is 1.20. The van der Waals surface area contributed by atoms with Crippen LogP contribution in [0.2, 0.25) is 0 Å². The van der Waals surface area contributed by atoms with Gasteiger partial charge in [0.1, 0.15) is 0 Å². The Kier molecular flexibility index (Phi) is 4.06. The van der Waals surface area contributed by atoms with E-state index in [9.17, 15) is 4.79 Å². The van der Waals surface area contributed by atoms with E-state index >= 15 is 0 Å². The third kappa shape index (κ3) is 3.25. The zero-order chi connectivity index (χ0) is 12.1. The van der Waals surface area contributed by atoms with E-state index in [-0.39, 0.29) is 18.1 Å². The van der Waals surface area contributed by atoms with Crippen LogP contribution in [-0.2, 0) is 16.1 Å². The van der Waals surface area contributed by atoms with E-state index < -0.39 is 0 Å². The second-order valence-electron chi connectivity index (χ2n) is 4.09. The highest BCUT2D eigenvalue weighted by Gasteiger charge is 2.28. The van der Waals surface area contributed by atoms with Gasteiger partial charge in [-0.3, -0.25) is 9.78 Å². The van der Waals surface area contributed by atoms with Gasteiger partial charge in [0, 0.05) is 19.9 Å². The first kappa shape index (κ1) is 12.0. The predicted molar refractivity (Wildman–Crippen MR) is 63.3 cm³/mol. The smallest absolute Gasteiger partial charge is 0.237 e. The van der Waals surface area contributed by atoms with Gasteiger partial charge >= 0.3 is 0 Å². The van der Waals surface area contributed by atoms with Gasteiger partial charge in [0.25, 0.3) is 0 Å². The van der Waals surface area contributed by atoms with E-state index in [2.05, 4.69) is 15.6 Å². The number of aromatic nitrogens is 1. The molecule has 1 aliphatic heterocycles. The molecule has 0 aliphatic carbocycles. The molecule has 1 aliphatic rings. The van der Waals surface area contributed by atoms with Crippen LogP contribution in [0.25, 0.3) is 0 Å². The molecular formula is C12H17N3O2. The van der Waals surface area contributed by atoms with E-state index in [1.54, 1.807) is 13.3 Å². The number of amides is 1. The Morgan fingerprint density at radius 1 is 1.65 bits per heavy atom. The molecule has 5 heteroatoms. The van der Waals surface area contributed by atoms with Crippen molar-refractivity contribution in [1.29, 1.82) is 0 Å². The summed E-state index contributed by atoms with van der Waals surface area (Å²) < 4.78 is 5.20. The summed E-state index contributed by atoms with van der Waals surface area (Å²) in [7, 11) is 1.67. The van der Waals surface area contributed by atoms with Crippen LogP contribution in [0.1, 0.15) is 12.1 Å². The number of nitrogens with zero attached hydrogens (tertiary/aromatic N) is 1. The topological polar surface area (TPSA) is 63.2 Å². The highest BCUT2D eigenvalue weighted by molar-refractivity contribution is 5.82. The third-order valence-corrected chi connectivity index (χ3v) is 2.91. The lowest BCUT2D eigenvalue weighted by atomic mass is 10.2. The largest absolute Gasteiger partial charge is 0.380 e. The van der Waals surface area contributed by atoms with Gasteiger partial charge in [-0.25, -0.2) is 0 Å². The Labute approximate surface area is 101 Å². The molecule has 0 saturated carbocycles. The zero-order valence-electron chi connectivity index (χ0n) is 9.85. The molecule has 5 nitrogen and oxygen atoms in total. The van der Waals surface area contributed by atoms with E-state index in [1.165, 1.54) is 0 Å². The van der Waals surface area contributed by atoms with Gasteiger partial charge in [-0.05, 0) is 18.6 Å². The minimum Gasteiger partial charge on any atom is -0.380 e. The molecule has 0 bridgehead atoms. The molecular weight excluding hydrogens is 218 g/mol. The predicted octanol–water partition coefficient (Wildman–Crippen LogP) is 0.0747. The average Bonchev–Trinajstić information content (AvgIpc) is 2.86. The second-order valence-corrected chi connectivity index (χ2v) is 4.09. The molecule has 1 saturated heterocycles. The fourth-order valence-corrected chi connectivity index (χ4v) is 1.89. The summed E-state index contributed by atoms with van der Waals surface area (Å²) >= 11 is 0. The molecule has 2 atom stereocenters. The molecule has 0 aromatic carbocycles. The van der Waals surface area contributed by atoms with Crippen molar-refractivity contribution in [1.82, 2.24) is 15.6 Å². The molecule has 2 heterocycles. The third-order valence-electron chi connectivity index (χ3n) is 2.91. The fourth-order valence-electron chi connectivity index (χ4n) is 1.89. The number of ether oxygens (including phenoxy) is 1. The van der Waals surface area contributed by atoms with E-state index in [4.69, 9.17) is 4.74 Å². The molecule has 1 aromatic rings. The summed E-state index contributed by atoms with van der Waals surface area (Å²) in [5.41, 5.74) is 0.863. The lowest BCUT2D eigenvalue weighted by Gasteiger charge is -2.10. The van der Waals surface area contributed by atoms with Crippen molar-refractivity contribution in [3.05, 3.63) is 30.1 Å². The Balaban J connectivity index is 1.78. The summed E-state index contributed by atoms with van der Waals surface area (Å²) in [4.78, 5) is 16.0. The first-order valence-corrected chi connectivity index (χ1v) is 5.73. The maximum Gasteiger partial charge on any atom is 0.237 e. The van der Waals surface area contributed by atoms with E-state index in [0.717, 1.165) is 18.7 Å². The SMILES string of the molecule is COC1CNC(C(=O)NCc2ccccn2)C1. The van der Waals surface area contributed by atoms with Crippen LogP contribution in [0.5, 0.6) is 0 Å². The number of methoxy groups -OCH3 is 1. The molecule has 2 N–H and O–H groups in total. The summed E-state index contributed by atoms with van der Waals surface area (Å²) in [5, 5.41) is 6.00. The average molecular weight is 235 g/mol. The molecule has 1 aromatic heterocycles. The van der Waals surface area contributed by atoms with Crippen LogP contribution in [0.4, 0.5) is 0 Å². The Bertz CT molecular complexity index is 369. The van der Waals surface area contributed by atoms with Gasteiger partial charge in [0.05, 0.1) is 24.4 Å². The van der Waals surface area contributed by atoms with Gasteiger partial charge < -0.3 is 15.4 Å². The van der Waals surface area contributed by atoms with Crippen LogP contribution < -0.4 is 10.6 Å². The number of pyridine rings is 1. The molecule has 17 heavy (non-hydrogen) atoms. The first-order valence-electron chi connectivity index (χ1n) is 5.73. The quantitative estimate of drug-likeness (QED) is 0.775. The van der Waals surface area contributed by atoms with Gasteiger partial charge in [-0.2, -0.15) is 0 Å². The van der Waals surface area contributed by atoms with Crippen LogP contribution in [0, 0.1) is 0 Å². The minimum absolute atomic E-state index is 0.00945. The first-order chi connectivity index (χ1) is 8.29. The van der Waals surface area contributed by atoms with Gasteiger partial charge in [0.15, 0.2) is 0 Å². The number of carbonyl (C=O) groups is 1. The van der Waals surface area contributed by atoms with E-state index in [0.29, 0.717) is 6.54 Å². The van der Waals surface area contributed by atoms with Gasteiger partial charge in [-0.1, -0.05) is 6.07 Å². The van der Waals surface area contributed by atoms with Crippen molar-refractivity contribution in [2.24, 2.45) is 0 Å². The summed E-state index contributed by atoms with van der Waals surface area (Å²) in [6.07, 6.45) is 2.58. The van der Waals surface area contributed by atoms with Crippen LogP contribution >= 0.6 is 0 Å². The molecule has 92 valence electrons. The lowest BCUT2D eigenvalue weighted by Crippen LogP contribution is -2.40. The highest BCUT2D eigenvalue weighted by atomic mass is 16.5. The second kappa shape index (κ2) is 5.75. The van der Waals surface area contributed by atoms with E-state index in [1.807, 2.05) is 18.2 Å². The van der Waals surface area contributed by atoms with Crippen LogP contribution in [-0.4, -0.2) is 36.7 Å². The molecule has 1 fully saturated rings. The maximum atomic E-state index is 11.8. The number of hydrogen-bond acceptors (Lipinski definition) is 4. The van der Waals surface area contributed by atoms with Crippen molar-refractivity contribution in [3.63, 3.8) is 0 Å². The van der Waals surface area contributed by atoms with Crippen molar-refractivity contribution < 1.29 is 9.53 Å². The summed E-state index contributed by atoms with van der Waals surface area (Å²) in [5.74, 6) is 0.00945. The Morgan fingerprint density at radius 3 is 3.18 bits per heavy atom. The van der Waals surface area contributed by atoms with Crippen LogP contribution in [0.15, 0.2) is 24.4 Å². The lowest BCUT2D eigenvalue weighted by molar-refractivity contribution is -0.123. The van der Waals surface area contributed by atoms with Crippen molar-refractivity contribution in [2.75, 3.05) is 13.7 Å². The number of rotatable bonds is 4. The highest BCUT2D eigenvalue weighted by Crippen LogP contribution is 2.09. The number of nitrogens with one attached hydrogen (secondary N) is 2. The molecule has 1 amide bonds. The van der Waals surface area contributed by atoms with Gasteiger partial charge in [-0.15, -0.1) is 0 Å². The van der Waals surface area contributed by atoms with Crippen molar-refractivity contribution >= 4 is 5.91 Å². The number of carbonyl (C=O) groups excluding carboxylic acids is 1. The zero-order valence-corrected chi connectivity index (χ0v) is 9.85. The van der Waals surface area contributed by atoms with Crippen LogP contribution in [0.3, 0.4) is 0 Å². The van der Waals surface area contributed by atoms with Crippen molar-refractivity contribution in [2.45, 2.75) is 25.1 Å². The molecule has 0 radical (unpaired) electrons. The monoisotopic (exact) mass is 235 g/mol. The molecule has 2 unspecified atom stereocenters. The Hall–Kier alpha value is -1.46. The summed E-state index contributed by atoms with van der Waals surface area (Å²) in [6, 6.07) is 5.50. The van der Waals surface area contributed by atoms with Gasteiger partial charge in [0.2, 0.25) is 5.91 Å². The Morgan fingerprint density at radius 2 is 2.53 bits per heavy atom. The van der Waals surface area contributed by atoms with Crippen molar-refractivity contribution in [3.8, 4) is 0 Å². The molecule has 0 spiro atoms. The molecule has 2 rings (SSSR count). The minimum atomic E-state index is -0.149. The maximum absolute atomic E-state index is 11.8. The number of hydrogen-bond donors (Lipinski definition) is 2.